The Balaban J connectivity index is 1.31. The Hall–Kier alpha value is -2.80. The van der Waals surface area contributed by atoms with Gasteiger partial charge in [0.2, 0.25) is 0 Å². The fraction of sp³-hybridized carbons (Fsp3) is 0.483. The lowest BCUT2D eigenvalue weighted by Crippen LogP contribution is -2.40. The minimum atomic E-state index is -2.69. The summed E-state index contributed by atoms with van der Waals surface area (Å²) in [4.78, 5) is 29.0. The van der Waals surface area contributed by atoms with Crippen LogP contribution in [-0.2, 0) is 13.1 Å². The summed E-state index contributed by atoms with van der Waals surface area (Å²) in [6, 6.07) is 9.06. The summed E-state index contributed by atoms with van der Waals surface area (Å²) in [6.45, 7) is 2.23. The number of aromatic hydroxyl groups is 1. The Morgan fingerprint density at radius 1 is 1.12 bits per heavy atom. The molecule has 6 rings (SSSR count). The quantitative estimate of drug-likeness (QED) is 0.355. The van der Waals surface area contributed by atoms with Gasteiger partial charge in [-0.25, -0.2) is 8.78 Å². The number of phenolic OH excluding ortho intramolecular Hbond substituents is 1. The second-order valence-electron chi connectivity index (χ2n) is 11.6. The van der Waals surface area contributed by atoms with Crippen LogP contribution in [0.25, 0.3) is 10.8 Å². The van der Waals surface area contributed by atoms with Gasteiger partial charge in [-0.2, -0.15) is 9.97 Å². The molecule has 1 aromatic heterocycles. The molecule has 1 saturated heterocycles. The summed E-state index contributed by atoms with van der Waals surface area (Å²) in [5.74, 6) is -2.33. The SMILES string of the molecule is CN(C)CC1(COc2nc3c(c(N4CCC(F)(F)CC4)n2)CN(C(=O)c2cc(O)cc4cccc(I)c24)C3)CC1. The molecule has 3 heterocycles. The number of halogens is 3. The minimum absolute atomic E-state index is 0.0201. The van der Waals surface area contributed by atoms with E-state index >= 15 is 0 Å². The van der Waals surface area contributed by atoms with Gasteiger partial charge in [-0.05, 0) is 73.1 Å². The molecule has 2 fully saturated rings. The zero-order chi connectivity index (χ0) is 28.2. The van der Waals surface area contributed by atoms with Crippen molar-refractivity contribution in [3.8, 4) is 11.8 Å². The number of hydrogen-bond donors (Lipinski definition) is 1. The standard InChI is InChI=1S/C29H32F2IN5O3/c1-35(2)16-28(6-7-28)17-40-27-33-23-15-37(14-21(23)25(34-27)36-10-8-29(30,31)9-11-36)26(39)20-13-19(38)12-18-4-3-5-22(32)24(18)20/h3-5,12-13,38H,6-11,14-17H2,1-2H3. The lowest BCUT2D eigenvalue weighted by atomic mass is 10.0. The first-order valence-corrected chi connectivity index (χ1v) is 14.6. The van der Waals surface area contributed by atoms with Crippen LogP contribution < -0.4 is 9.64 Å². The van der Waals surface area contributed by atoms with Gasteiger partial charge < -0.3 is 24.5 Å². The number of piperidine rings is 1. The Bertz CT molecular complexity index is 1470. The second-order valence-corrected chi connectivity index (χ2v) is 12.8. The summed E-state index contributed by atoms with van der Waals surface area (Å²) in [5.41, 5.74) is 1.92. The highest BCUT2D eigenvalue weighted by molar-refractivity contribution is 14.1. The van der Waals surface area contributed by atoms with E-state index in [2.05, 4.69) is 27.5 Å². The van der Waals surface area contributed by atoms with Crippen molar-refractivity contribution in [3.05, 3.63) is 50.7 Å². The predicted octanol–water partition coefficient (Wildman–Crippen LogP) is 5.05. The molecule has 2 aliphatic heterocycles. The molecule has 0 spiro atoms. The van der Waals surface area contributed by atoms with Gasteiger partial charge in [-0.15, -0.1) is 0 Å². The van der Waals surface area contributed by atoms with Crippen molar-refractivity contribution in [1.82, 2.24) is 19.8 Å². The normalized spacial score (nSPS) is 19.2. The molecular formula is C29H32F2IN5O3. The van der Waals surface area contributed by atoms with Crippen molar-refractivity contribution in [3.63, 3.8) is 0 Å². The van der Waals surface area contributed by atoms with Crippen LogP contribution in [0.5, 0.6) is 11.8 Å². The largest absolute Gasteiger partial charge is 0.508 e. The number of carbonyl (C=O) groups is 1. The van der Waals surface area contributed by atoms with Crippen molar-refractivity contribution in [1.29, 1.82) is 0 Å². The van der Waals surface area contributed by atoms with Gasteiger partial charge in [0, 0.05) is 52.4 Å². The van der Waals surface area contributed by atoms with Crippen molar-refractivity contribution in [2.24, 2.45) is 5.41 Å². The van der Waals surface area contributed by atoms with Crippen molar-refractivity contribution >= 4 is 45.1 Å². The summed E-state index contributed by atoms with van der Waals surface area (Å²) < 4.78 is 35.0. The van der Waals surface area contributed by atoms with Crippen molar-refractivity contribution < 1.29 is 23.4 Å². The highest BCUT2D eigenvalue weighted by Crippen LogP contribution is 2.46. The third kappa shape index (κ3) is 5.41. The number of phenols is 1. The fourth-order valence-corrected chi connectivity index (χ4v) is 6.66. The first-order chi connectivity index (χ1) is 19.0. The van der Waals surface area contributed by atoms with Crippen LogP contribution >= 0.6 is 22.6 Å². The van der Waals surface area contributed by atoms with Crippen molar-refractivity contribution in [2.75, 3.05) is 45.2 Å². The van der Waals surface area contributed by atoms with Crippen LogP contribution in [0.1, 0.15) is 47.3 Å². The number of nitrogens with zero attached hydrogens (tertiary/aromatic N) is 5. The Kier molecular flexibility index (Phi) is 7.00. The minimum Gasteiger partial charge on any atom is -0.508 e. The average Bonchev–Trinajstić information content (AvgIpc) is 3.51. The molecule has 0 atom stereocenters. The van der Waals surface area contributed by atoms with Crippen LogP contribution in [-0.4, -0.2) is 77.0 Å². The van der Waals surface area contributed by atoms with Gasteiger partial charge in [0.25, 0.3) is 11.8 Å². The van der Waals surface area contributed by atoms with Gasteiger partial charge in [0.1, 0.15) is 11.6 Å². The molecule has 0 bridgehead atoms. The smallest absolute Gasteiger partial charge is 0.318 e. The molecule has 2 aromatic carbocycles. The molecule has 11 heteroatoms. The van der Waals surface area contributed by atoms with Crippen LogP contribution in [0.2, 0.25) is 0 Å². The first kappa shape index (κ1) is 27.4. The lowest BCUT2D eigenvalue weighted by molar-refractivity contribution is -0.0222. The third-order valence-electron chi connectivity index (χ3n) is 8.08. The number of carbonyl (C=O) groups excluding carboxylic acids is 1. The molecule has 1 N–H and O–H groups in total. The molecule has 3 aromatic rings. The number of hydrogen-bond acceptors (Lipinski definition) is 7. The van der Waals surface area contributed by atoms with E-state index in [1.807, 2.05) is 37.2 Å². The second kappa shape index (κ2) is 10.2. The number of benzene rings is 2. The summed E-state index contributed by atoms with van der Waals surface area (Å²) in [7, 11) is 4.08. The van der Waals surface area contributed by atoms with Gasteiger partial charge in [0.15, 0.2) is 0 Å². The van der Waals surface area contributed by atoms with Gasteiger partial charge in [-0.3, -0.25) is 4.79 Å². The average molecular weight is 664 g/mol. The molecule has 0 unspecified atom stereocenters. The number of anilines is 1. The van der Waals surface area contributed by atoms with Gasteiger partial charge >= 0.3 is 6.01 Å². The van der Waals surface area contributed by atoms with E-state index in [1.54, 1.807) is 11.0 Å². The van der Waals surface area contributed by atoms with Crippen LogP contribution in [0.3, 0.4) is 0 Å². The molecule has 212 valence electrons. The highest BCUT2D eigenvalue weighted by Gasteiger charge is 2.44. The molecule has 8 nitrogen and oxygen atoms in total. The van der Waals surface area contributed by atoms with E-state index in [1.165, 1.54) is 6.07 Å². The van der Waals surface area contributed by atoms with E-state index in [4.69, 9.17) is 14.7 Å². The predicted molar refractivity (Wildman–Crippen MR) is 156 cm³/mol. The first-order valence-electron chi connectivity index (χ1n) is 13.5. The van der Waals surface area contributed by atoms with Gasteiger partial charge in [0.05, 0.1) is 31.0 Å². The zero-order valence-corrected chi connectivity index (χ0v) is 24.7. The maximum absolute atomic E-state index is 14.0. The Labute approximate surface area is 245 Å². The number of amides is 1. The van der Waals surface area contributed by atoms with Gasteiger partial charge in [-0.1, -0.05) is 12.1 Å². The van der Waals surface area contributed by atoms with Crippen LogP contribution in [0, 0.1) is 8.99 Å². The molecule has 3 aliphatic rings. The molecule has 1 aliphatic carbocycles. The fourth-order valence-electron chi connectivity index (χ4n) is 5.85. The summed E-state index contributed by atoms with van der Waals surface area (Å²) >= 11 is 2.20. The van der Waals surface area contributed by atoms with Crippen molar-refractivity contribution in [2.45, 2.75) is 44.7 Å². The lowest BCUT2D eigenvalue weighted by Gasteiger charge is -2.33. The molecule has 1 saturated carbocycles. The monoisotopic (exact) mass is 663 g/mol. The van der Waals surface area contributed by atoms with E-state index in [0.717, 1.165) is 39.3 Å². The Morgan fingerprint density at radius 3 is 2.58 bits per heavy atom. The topological polar surface area (TPSA) is 82.0 Å². The molecule has 0 radical (unpaired) electrons. The maximum atomic E-state index is 14.0. The van der Waals surface area contributed by atoms with E-state index in [-0.39, 0.29) is 62.1 Å². The highest BCUT2D eigenvalue weighted by atomic mass is 127. The number of rotatable bonds is 7. The van der Waals surface area contributed by atoms with E-state index in [0.29, 0.717) is 23.7 Å². The molecule has 40 heavy (non-hydrogen) atoms. The maximum Gasteiger partial charge on any atom is 0.318 e. The van der Waals surface area contributed by atoms with Crippen LogP contribution in [0.15, 0.2) is 30.3 Å². The summed E-state index contributed by atoms with van der Waals surface area (Å²) in [6.07, 6.45) is 1.65. The molecular weight excluding hydrogens is 631 g/mol. The third-order valence-corrected chi connectivity index (χ3v) is 8.98. The van der Waals surface area contributed by atoms with E-state index < -0.39 is 5.92 Å². The van der Waals surface area contributed by atoms with E-state index in [9.17, 15) is 18.7 Å². The number of aromatic nitrogens is 2. The number of ether oxygens (including phenoxy) is 1. The summed E-state index contributed by atoms with van der Waals surface area (Å²) in [5, 5.41) is 11.9. The number of fused-ring (bicyclic) bond motifs is 2. The number of alkyl halides is 2. The molecule has 1 amide bonds. The Morgan fingerprint density at radius 2 is 1.88 bits per heavy atom. The zero-order valence-electron chi connectivity index (χ0n) is 22.6. The van der Waals surface area contributed by atoms with Crippen LogP contribution in [0.4, 0.5) is 14.6 Å².